The molecule has 2 aromatic carbocycles. The molecule has 0 radical (unpaired) electrons. The van der Waals surface area contributed by atoms with Crippen molar-refractivity contribution in [3.05, 3.63) is 74.7 Å². The van der Waals surface area contributed by atoms with E-state index in [9.17, 15) is 19.7 Å². The minimum atomic E-state index is -0.537. The van der Waals surface area contributed by atoms with Crippen LogP contribution in [0.4, 0.5) is 5.69 Å². The van der Waals surface area contributed by atoms with Gasteiger partial charge in [-0.25, -0.2) is 4.79 Å². The van der Waals surface area contributed by atoms with Crippen molar-refractivity contribution in [3.8, 4) is 0 Å². The molecule has 0 aliphatic heterocycles. The number of para-hydroxylation sites is 3. The number of nitrogens with one attached hydrogen (secondary N) is 1. The lowest BCUT2D eigenvalue weighted by atomic mass is 10.1. The molecule has 0 atom stereocenters. The maximum absolute atomic E-state index is 11.9. The number of imidazole rings is 1. The molecule has 134 valence electrons. The van der Waals surface area contributed by atoms with Crippen LogP contribution in [0.5, 0.6) is 0 Å². The number of carbonyl (C=O) groups is 1. The van der Waals surface area contributed by atoms with Gasteiger partial charge in [-0.1, -0.05) is 30.3 Å². The molecule has 0 aliphatic carbocycles. The minimum absolute atomic E-state index is 0.102. The van der Waals surface area contributed by atoms with Gasteiger partial charge in [0.15, 0.2) is 0 Å². The number of rotatable bonds is 7. The van der Waals surface area contributed by atoms with Crippen LogP contribution >= 0.6 is 0 Å². The Morgan fingerprint density at radius 2 is 1.88 bits per heavy atom. The molecule has 8 nitrogen and oxygen atoms in total. The zero-order valence-electron chi connectivity index (χ0n) is 13.9. The van der Waals surface area contributed by atoms with Gasteiger partial charge < -0.3 is 9.72 Å². The van der Waals surface area contributed by atoms with Gasteiger partial charge in [-0.15, -0.1) is 0 Å². The molecule has 26 heavy (non-hydrogen) atoms. The molecule has 1 heterocycles. The van der Waals surface area contributed by atoms with E-state index < -0.39 is 10.9 Å². The number of nitro benzene ring substituents is 1. The highest BCUT2D eigenvalue weighted by Crippen LogP contribution is 2.18. The van der Waals surface area contributed by atoms with Gasteiger partial charge in [-0.2, -0.15) is 0 Å². The van der Waals surface area contributed by atoms with E-state index in [1.807, 2.05) is 24.3 Å². The van der Waals surface area contributed by atoms with Crippen molar-refractivity contribution in [3.63, 3.8) is 0 Å². The number of ether oxygens (including phenoxy) is 1. The first kappa shape index (κ1) is 17.4. The Bertz CT molecular complexity index is 1010. The molecule has 3 aromatic rings. The Kier molecular flexibility index (Phi) is 5.12. The Hall–Kier alpha value is -3.42. The highest BCUT2D eigenvalue weighted by atomic mass is 16.6. The van der Waals surface area contributed by atoms with Crippen molar-refractivity contribution >= 4 is 22.7 Å². The molecular weight excluding hydrogens is 338 g/mol. The molecule has 1 aromatic heterocycles. The number of aromatic nitrogens is 2. The fourth-order valence-corrected chi connectivity index (χ4v) is 2.78. The lowest BCUT2D eigenvalue weighted by molar-refractivity contribution is -0.385. The summed E-state index contributed by atoms with van der Waals surface area (Å²) in [6.07, 6.45) is 0.300. The number of fused-ring (bicyclic) bond motifs is 1. The molecule has 0 amide bonds. The number of nitrogens with zero attached hydrogens (tertiary/aromatic N) is 2. The summed E-state index contributed by atoms with van der Waals surface area (Å²) in [6.45, 7) is 0.535. The lowest BCUT2D eigenvalue weighted by Gasteiger charge is -2.06. The van der Waals surface area contributed by atoms with E-state index in [-0.39, 0.29) is 24.4 Å². The average Bonchev–Trinajstić information content (AvgIpc) is 2.94. The molecule has 0 aliphatic rings. The van der Waals surface area contributed by atoms with Crippen LogP contribution in [0.3, 0.4) is 0 Å². The third kappa shape index (κ3) is 3.80. The molecule has 0 saturated heterocycles. The summed E-state index contributed by atoms with van der Waals surface area (Å²) < 4.78 is 6.73. The zero-order valence-corrected chi connectivity index (χ0v) is 13.9. The molecule has 1 N–H and O–H groups in total. The third-order valence-corrected chi connectivity index (χ3v) is 3.99. The number of hydrogen-bond acceptors (Lipinski definition) is 5. The number of benzene rings is 2. The van der Waals surface area contributed by atoms with Crippen LogP contribution in [0.15, 0.2) is 53.3 Å². The van der Waals surface area contributed by atoms with Crippen molar-refractivity contribution in [1.29, 1.82) is 0 Å². The molecule has 0 unspecified atom stereocenters. The van der Waals surface area contributed by atoms with Gasteiger partial charge in [0.1, 0.15) is 0 Å². The van der Waals surface area contributed by atoms with Crippen LogP contribution in [-0.4, -0.2) is 27.1 Å². The Labute approximate surface area is 148 Å². The van der Waals surface area contributed by atoms with Gasteiger partial charge in [0, 0.05) is 18.2 Å². The molecule has 3 rings (SSSR count). The summed E-state index contributed by atoms with van der Waals surface area (Å²) in [4.78, 5) is 37.0. The highest BCUT2D eigenvalue weighted by Gasteiger charge is 2.16. The van der Waals surface area contributed by atoms with Crippen molar-refractivity contribution in [2.75, 3.05) is 6.61 Å². The summed E-state index contributed by atoms with van der Waals surface area (Å²) >= 11 is 0. The van der Waals surface area contributed by atoms with Crippen molar-refractivity contribution in [2.24, 2.45) is 0 Å². The SMILES string of the molecule is O=C(Cc1ccccc1[N+](=O)[O-])OCCCn1c(=O)[nH]c2ccccc21. The van der Waals surface area contributed by atoms with Gasteiger partial charge >= 0.3 is 11.7 Å². The summed E-state index contributed by atoms with van der Waals surface area (Å²) in [5.74, 6) is -0.537. The summed E-state index contributed by atoms with van der Waals surface area (Å²) in [5.41, 5.74) is 1.55. The van der Waals surface area contributed by atoms with E-state index in [0.29, 0.717) is 18.5 Å². The average molecular weight is 355 g/mol. The number of aromatic amines is 1. The number of esters is 1. The number of nitro groups is 1. The van der Waals surface area contributed by atoms with E-state index in [2.05, 4.69) is 4.98 Å². The quantitative estimate of drug-likeness (QED) is 0.303. The van der Waals surface area contributed by atoms with Crippen LogP contribution in [0, 0.1) is 10.1 Å². The first-order valence-corrected chi connectivity index (χ1v) is 8.12. The maximum atomic E-state index is 11.9. The number of carbonyl (C=O) groups excluding carboxylic acids is 1. The lowest BCUT2D eigenvalue weighted by Crippen LogP contribution is -2.18. The molecule has 0 fully saturated rings. The zero-order chi connectivity index (χ0) is 18.5. The Balaban J connectivity index is 1.54. The molecule has 0 saturated carbocycles. The van der Waals surface area contributed by atoms with E-state index in [0.717, 1.165) is 11.0 Å². The van der Waals surface area contributed by atoms with E-state index in [1.165, 1.54) is 12.1 Å². The number of aryl methyl sites for hydroxylation is 1. The van der Waals surface area contributed by atoms with Crippen LogP contribution in [0.2, 0.25) is 0 Å². The fourth-order valence-electron chi connectivity index (χ4n) is 2.78. The monoisotopic (exact) mass is 355 g/mol. The molecule has 8 heteroatoms. The second-order valence-corrected chi connectivity index (χ2v) is 5.74. The Morgan fingerprint density at radius 3 is 2.69 bits per heavy atom. The largest absolute Gasteiger partial charge is 0.465 e. The van der Waals surface area contributed by atoms with Crippen molar-refractivity contribution < 1.29 is 14.5 Å². The molecular formula is C18H17N3O5. The van der Waals surface area contributed by atoms with Gasteiger partial charge in [-0.3, -0.25) is 19.5 Å². The van der Waals surface area contributed by atoms with Crippen LogP contribution < -0.4 is 5.69 Å². The summed E-state index contributed by atoms with van der Waals surface area (Å²) in [5, 5.41) is 11.0. The van der Waals surface area contributed by atoms with Crippen LogP contribution in [0.25, 0.3) is 11.0 Å². The van der Waals surface area contributed by atoms with E-state index in [1.54, 1.807) is 16.7 Å². The standard InChI is InChI=1S/C18H17N3O5/c22-17(12-13-6-1-3-8-15(13)21(24)25)26-11-5-10-20-16-9-4-2-7-14(16)19-18(20)23/h1-4,6-9H,5,10-12H2,(H,19,23). The van der Waals surface area contributed by atoms with Crippen LogP contribution in [-0.2, 0) is 22.5 Å². The fraction of sp³-hybridized carbons (Fsp3) is 0.222. The van der Waals surface area contributed by atoms with Crippen molar-refractivity contribution in [1.82, 2.24) is 9.55 Å². The minimum Gasteiger partial charge on any atom is -0.465 e. The van der Waals surface area contributed by atoms with Crippen molar-refractivity contribution in [2.45, 2.75) is 19.4 Å². The maximum Gasteiger partial charge on any atom is 0.326 e. The summed E-state index contributed by atoms with van der Waals surface area (Å²) in [7, 11) is 0. The highest BCUT2D eigenvalue weighted by molar-refractivity contribution is 5.75. The third-order valence-electron chi connectivity index (χ3n) is 3.99. The number of H-pyrrole nitrogens is 1. The normalized spacial score (nSPS) is 10.8. The topological polar surface area (TPSA) is 107 Å². The Morgan fingerprint density at radius 1 is 1.15 bits per heavy atom. The first-order chi connectivity index (χ1) is 12.6. The smallest absolute Gasteiger partial charge is 0.326 e. The van der Waals surface area contributed by atoms with Gasteiger partial charge in [0.25, 0.3) is 5.69 Å². The van der Waals surface area contributed by atoms with Gasteiger partial charge in [0.2, 0.25) is 0 Å². The van der Waals surface area contributed by atoms with Gasteiger partial charge in [0.05, 0.1) is 29.0 Å². The predicted molar refractivity (Wildman–Crippen MR) is 94.9 cm³/mol. The molecule has 0 bridgehead atoms. The van der Waals surface area contributed by atoms with E-state index >= 15 is 0 Å². The first-order valence-electron chi connectivity index (χ1n) is 8.12. The second kappa shape index (κ2) is 7.64. The van der Waals surface area contributed by atoms with Crippen LogP contribution in [0.1, 0.15) is 12.0 Å². The summed E-state index contributed by atoms with van der Waals surface area (Å²) in [6, 6.07) is 13.4. The second-order valence-electron chi connectivity index (χ2n) is 5.74. The predicted octanol–water partition coefficient (Wildman–Crippen LogP) is 2.41. The van der Waals surface area contributed by atoms with E-state index in [4.69, 9.17) is 4.74 Å². The molecule has 0 spiro atoms. The van der Waals surface area contributed by atoms with Gasteiger partial charge in [-0.05, 0) is 18.6 Å². The number of hydrogen-bond donors (Lipinski definition) is 1.